The van der Waals surface area contributed by atoms with Gasteiger partial charge in [-0.25, -0.2) is 0 Å². The molecule has 4 heteroatoms. The lowest BCUT2D eigenvalue weighted by molar-refractivity contribution is -0.0335. The monoisotopic (exact) mass is 131 g/mol. The van der Waals surface area contributed by atoms with E-state index in [9.17, 15) is 0 Å². The molecule has 1 heterocycles. The lowest BCUT2D eigenvalue weighted by atomic mass is 10.1. The highest BCUT2D eigenvalue weighted by Gasteiger charge is 2.25. The van der Waals surface area contributed by atoms with Crippen molar-refractivity contribution in [2.45, 2.75) is 18.3 Å². The van der Waals surface area contributed by atoms with E-state index >= 15 is 0 Å². The fraction of sp³-hybridized carbons (Fsp3) is 0.800. The van der Waals surface area contributed by atoms with Gasteiger partial charge in [-0.05, 0) is 0 Å². The molecule has 0 radical (unpaired) electrons. The molecule has 3 unspecified atom stereocenters. The van der Waals surface area contributed by atoms with Crippen LogP contribution in [0.15, 0.2) is 4.99 Å². The molecule has 0 spiro atoms. The highest BCUT2D eigenvalue weighted by atomic mass is 16.4. The molecular formula is C5H9NO3. The number of rotatable bonds is 0. The van der Waals surface area contributed by atoms with Gasteiger partial charge in [0.25, 0.3) is 0 Å². The van der Waals surface area contributed by atoms with Crippen LogP contribution in [-0.2, 0) is 0 Å². The van der Waals surface area contributed by atoms with Crippen LogP contribution >= 0.6 is 0 Å². The van der Waals surface area contributed by atoms with Crippen molar-refractivity contribution in [1.29, 1.82) is 0 Å². The lowest BCUT2D eigenvalue weighted by Crippen LogP contribution is -2.43. The van der Waals surface area contributed by atoms with Gasteiger partial charge in [-0.1, -0.05) is 0 Å². The molecule has 9 heavy (non-hydrogen) atoms. The second-order valence-electron chi connectivity index (χ2n) is 2.06. The zero-order valence-corrected chi connectivity index (χ0v) is 4.81. The first-order chi connectivity index (χ1) is 4.22. The van der Waals surface area contributed by atoms with Gasteiger partial charge in [-0.2, -0.15) is 0 Å². The fourth-order valence-corrected chi connectivity index (χ4v) is 0.701. The predicted octanol–water partition coefficient (Wildman–Crippen LogP) is -1.85. The van der Waals surface area contributed by atoms with Crippen LogP contribution in [0.3, 0.4) is 0 Å². The van der Waals surface area contributed by atoms with E-state index in [-0.39, 0.29) is 6.54 Å². The van der Waals surface area contributed by atoms with Crippen molar-refractivity contribution < 1.29 is 15.3 Å². The van der Waals surface area contributed by atoms with E-state index in [1.54, 1.807) is 0 Å². The quantitative estimate of drug-likeness (QED) is 0.361. The molecule has 0 bridgehead atoms. The zero-order valence-electron chi connectivity index (χ0n) is 4.81. The average molecular weight is 131 g/mol. The van der Waals surface area contributed by atoms with E-state index in [4.69, 9.17) is 15.3 Å². The zero-order chi connectivity index (χ0) is 6.85. The molecule has 4 nitrogen and oxygen atoms in total. The summed E-state index contributed by atoms with van der Waals surface area (Å²) in [5.41, 5.74) is 0. The van der Waals surface area contributed by atoms with E-state index < -0.39 is 18.3 Å². The normalized spacial score (nSPS) is 43.2. The summed E-state index contributed by atoms with van der Waals surface area (Å²) >= 11 is 0. The second-order valence-corrected chi connectivity index (χ2v) is 2.06. The van der Waals surface area contributed by atoms with Crippen molar-refractivity contribution in [3.8, 4) is 0 Å². The molecule has 0 aromatic heterocycles. The topological polar surface area (TPSA) is 73.1 Å². The van der Waals surface area contributed by atoms with Crippen molar-refractivity contribution in [3.05, 3.63) is 0 Å². The van der Waals surface area contributed by atoms with Gasteiger partial charge in [0.05, 0.1) is 6.54 Å². The third-order valence-electron chi connectivity index (χ3n) is 1.29. The number of nitrogens with zero attached hydrogens (tertiary/aromatic N) is 1. The van der Waals surface area contributed by atoms with Crippen LogP contribution < -0.4 is 0 Å². The first-order valence-corrected chi connectivity index (χ1v) is 2.76. The van der Waals surface area contributed by atoms with Crippen molar-refractivity contribution in [2.75, 3.05) is 6.54 Å². The molecule has 0 aliphatic carbocycles. The van der Waals surface area contributed by atoms with Gasteiger partial charge in [-0.15, -0.1) is 0 Å². The Labute approximate surface area is 52.5 Å². The Morgan fingerprint density at radius 2 is 2.00 bits per heavy atom. The Bertz CT molecular complexity index is 125. The maximum atomic E-state index is 8.85. The van der Waals surface area contributed by atoms with Crippen LogP contribution in [0, 0.1) is 0 Å². The minimum absolute atomic E-state index is 0.179. The molecule has 3 N–H and O–H groups in total. The largest absolute Gasteiger partial charge is 0.388 e. The summed E-state index contributed by atoms with van der Waals surface area (Å²) in [5.74, 6) is 0. The standard InChI is InChI=1S/C5H9NO3/c7-3-1-6-2-4(8)5(3)9/h1,3-5,7-9H,2H2. The Kier molecular flexibility index (Phi) is 1.80. The van der Waals surface area contributed by atoms with Crippen molar-refractivity contribution in [3.63, 3.8) is 0 Å². The van der Waals surface area contributed by atoms with E-state index in [0.717, 1.165) is 0 Å². The van der Waals surface area contributed by atoms with E-state index in [0.29, 0.717) is 0 Å². The van der Waals surface area contributed by atoms with Gasteiger partial charge in [0.1, 0.15) is 18.3 Å². The van der Waals surface area contributed by atoms with Gasteiger partial charge >= 0.3 is 0 Å². The van der Waals surface area contributed by atoms with Gasteiger partial charge < -0.3 is 15.3 Å². The summed E-state index contributed by atoms with van der Waals surface area (Å²) in [5, 5.41) is 26.5. The number of hydrogen-bond acceptors (Lipinski definition) is 4. The number of aliphatic hydroxyl groups is 3. The Morgan fingerprint density at radius 1 is 1.33 bits per heavy atom. The SMILES string of the molecule is OC1C=NCC(O)C1O. The molecule has 0 saturated heterocycles. The smallest absolute Gasteiger partial charge is 0.117 e. The van der Waals surface area contributed by atoms with Crippen molar-refractivity contribution in [1.82, 2.24) is 0 Å². The van der Waals surface area contributed by atoms with Crippen LogP contribution in [0.1, 0.15) is 0 Å². The molecule has 0 aromatic carbocycles. The summed E-state index contributed by atoms with van der Waals surface area (Å²) in [6.45, 7) is 0.179. The van der Waals surface area contributed by atoms with Crippen LogP contribution in [-0.4, -0.2) is 46.4 Å². The lowest BCUT2D eigenvalue weighted by Gasteiger charge is -2.22. The highest BCUT2D eigenvalue weighted by molar-refractivity contribution is 5.64. The maximum Gasteiger partial charge on any atom is 0.117 e. The molecule has 3 atom stereocenters. The molecule has 52 valence electrons. The summed E-state index contributed by atoms with van der Waals surface area (Å²) in [4.78, 5) is 3.60. The molecule has 1 aliphatic heterocycles. The van der Waals surface area contributed by atoms with Crippen LogP contribution in [0.5, 0.6) is 0 Å². The Hall–Kier alpha value is -0.450. The Morgan fingerprint density at radius 3 is 2.44 bits per heavy atom. The summed E-state index contributed by atoms with van der Waals surface area (Å²) in [6.07, 6.45) is -1.75. The second kappa shape index (κ2) is 2.43. The summed E-state index contributed by atoms with van der Waals surface area (Å²) in [6, 6.07) is 0. The van der Waals surface area contributed by atoms with Crippen LogP contribution in [0.2, 0.25) is 0 Å². The maximum absolute atomic E-state index is 8.85. The molecule has 0 aromatic rings. The minimum atomic E-state index is -1.07. The molecule has 1 rings (SSSR count). The average Bonchev–Trinajstić information content (AvgIpc) is 1.83. The third-order valence-corrected chi connectivity index (χ3v) is 1.29. The first-order valence-electron chi connectivity index (χ1n) is 2.76. The minimum Gasteiger partial charge on any atom is -0.388 e. The summed E-state index contributed by atoms with van der Waals surface area (Å²) in [7, 11) is 0. The van der Waals surface area contributed by atoms with Crippen molar-refractivity contribution >= 4 is 6.21 Å². The van der Waals surface area contributed by atoms with Gasteiger partial charge in [0.15, 0.2) is 0 Å². The predicted molar refractivity (Wildman–Crippen MR) is 31.4 cm³/mol. The Balaban J connectivity index is 2.58. The van der Waals surface area contributed by atoms with Gasteiger partial charge in [0, 0.05) is 6.21 Å². The van der Waals surface area contributed by atoms with E-state index in [1.807, 2.05) is 0 Å². The molecular weight excluding hydrogens is 122 g/mol. The third kappa shape index (κ3) is 1.27. The van der Waals surface area contributed by atoms with Gasteiger partial charge in [0.2, 0.25) is 0 Å². The molecule has 0 saturated carbocycles. The molecule has 0 amide bonds. The van der Waals surface area contributed by atoms with E-state index in [2.05, 4.69) is 4.99 Å². The fourth-order valence-electron chi connectivity index (χ4n) is 0.701. The summed E-state index contributed by atoms with van der Waals surface area (Å²) < 4.78 is 0. The van der Waals surface area contributed by atoms with Crippen LogP contribution in [0.25, 0.3) is 0 Å². The van der Waals surface area contributed by atoms with Crippen molar-refractivity contribution in [2.24, 2.45) is 4.99 Å². The number of hydrogen-bond donors (Lipinski definition) is 3. The number of aliphatic hydroxyl groups excluding tert-OH is 3. The number of aliphatic imine (C=N–C) groups is 1. The highest BCUT2D eigenvalue weighted by Crippen LogP contribution is 2.03. The van der Waals surface area contributed by atoms with E-state index in [1.165, 1.54) is 6.21 Å². The molecule has 1 aliphatic rings. The van der Waals surface area contributed by atoms with Gasteiger partial charge in [-0.3, -0.25) is 4.99 Å². The first kappa shape index (κ1) is 6.67. The van der Waals surface area contributed by atoms with Crippen LogP contribution in [0.4, 0.5) is 0 Å². The molecule has 0 fully saturated rings.